The number of allylic oxidation sites excluding steroid dienone is 1. The molecule has 0 unspecified atom stereocenters. The van der Waals surface area contributed by atoms with Crippen LogP contribution in [0.1, 0.15) is 66.9 Å². The minimum Gasteiger partial charge on any atom is -0.510 e. The Balaban J connectivity index is 1.52. The maximum Gasteiger partial charge on any atom is 0.255 e. The molecular weight excluding hydrogens is 550 g/mol. The van der Waals surface area contributed by atoms with Gasteiger partial charge in [0.2, 0.25) is 5.78 Å². The highest BCUT2D eigenvalue weighted by Gasteiger charge is 2.63. The first-order chi connectivity index (χ1) is 19.2. The van der Waals surface area contributed by atoms with Gasteiger partial charge in [-0.15, -0.1) is 0 Å². The highest BCUT2D eigenvalue weighted by atomic mass is 35.5. The molecule has 0 spiro atoms. The number of hydrogen-bond donors (Lipinski definition) is 6. The lowest BCUT2D eigenvalue weighted by Crippen LogP contribution is -2.63. The highest BCUT2D eigenvalue weighted by Crippen LogP contribution is 2.53. The second-order valence-corrected chi connectivity index (χ2v) is 13.0. The van der Waals surface area contributed by atoms with Crippen LogP contribution in [0.4, 0.5) is 0 Å². The van der Waals surface area contributed by atoms with Crippen LogP contribution in [0, 0.1) is 17.3 Å². The molecule has 4 aliphatic carbocycles. The zero-order valence-electron chi connectivity index (χ0n) is 23.6. The number of likely N-dealkylation sites (N-methyl/N-ethyl adjacent to an activating group) is 1. The molecule has 5 rings (SSSR count). The van der Waals surface area contributed by atoms with E-state index in [1.54, 1.807) is 14.1 Å². The van der Waals surface area contributed by atoms with E-state index in [1.165, 1.54) is 30.2 Å². The van der Waals surface area contributed by atoms with Crippen molar-refractivity contribution in [2.45, 2.75) is 70.1 Å². The van der Waals surface area contributed by atoms with Crippen molar-refractivity contribution in [3.8, 4) is 5.75 Å². The van der Waals surface area contributed by atoms with Crippen LogP contribution in [0.3, 0.4) is 0 Å². The first-order valence-corrected chi connectivity index (χ1v) is 14.5. The molecule has 4 atom stereocenters. The summed E-state index contributed by atoms with van der Waals surface area (Å²) in [6, 6.07) is 0.397. The zero-order chi connectivity index (χ0) is 30.0. The molecule has 1 amide bonds. The Morgan fingerprint density at radius 2 is 1.83 bits per heavy atom. The monoisotopic (exact) mass is 587 g/mol. The van der Waals surface area contributed by atoms with Gasteiger partial charge in [0.25, 0.3) is 5.91 Å². The van der Waals surface area contributed by atoms with Gasteiger partial charge in [-0.2, -0.15) is 0 Å². The van der Waals surface area contributed by atoms with Crippen LogP contribution in [0.2, 0.25) is 5.02 Å². The lowest BCUT2D eigenvalue weighted by atomic mass is 9.58. The summed E-state index contributed by atoms with van der Waals surface area (Å²) in [4.78, 5) is 40.8. The van der Waals surface area contributed by atoms with Gasteiger partial charge in [-0.1, -0.05) is 37.8 Å². The van der Waals surface area contributed by atoms with Crippen LogP contribution in [0.15, 0.2) is 28.7 Å². The number of aliphatic hydroxyl groups is 3. The Kier molecular flexibility index (Phi) is 7.51. The second-order valence-electron chi connectivity index (χ2n) is 12.7. The van der Waals surface area contributed by atoms with Crippen LogP contribution >= 0.6 is 11.6 Å². The molecule has 0 radical (unpaired) electrons. The Morgan fingerprint density at radius 3 is 2.44 bits per heavy atom. The standard InChI is InChI=1S/C30H38ClN3O7/c1-29(7-5-4-6-8-29)13-33-12-15-11-18(35)20-16(22(15)31)9-14-10-17-23(34(2)3)25(37)21(28(32)40)27(39)30(17,41)26(38)19(14)24(20)36/h11,14,17,23,33,35,37-38,41H,4-10,12-13H2,1-3H3,(H2,32,40)/t14-,17-,23-,30-/m0/s1. The van der Waals surface area contributed by atoms with Gasteiger partial charge >= 0.3 is 0 Å². The van der Waals surface area contributed by atoms with Crippen molar-refractivity contribution in [1.29, 1.82) is 0 Å². The number of phenolic OH excluding ortho intramolecular Hbond substituents is 1. The number of carbonyl (C=O) groups excluding carboxylic acids is 3. The van der Waals surface area contributed by atoms with Gasteiger partial charge in [-0.25, -0.2) is 0 Å². The third-order valence-corrected chi connectivity index (χ3v) is 10.1. The number of nitrogens with one attached hydrogen (secondary N) is 1. The maximum absolute atomic E-state index is 13.8. The fraction of sp³-hybridized carbons (Fsp3) is 0.567. The smallest absolute Gasteiger partial charge is 0.255 e. The number of fused-ring (bicyclic) bond motifs is 3. The summed E-state index contributed by atoms with van der Waals surface area (Å²) in [5.41, 5.74) is 2.87. The summed E-state index contributed by atoms with van der Waals surface area (Å²) in [7, 11) is 3.19. The number of nitrogens with zero attached hydrogens (tertiary/aromatic N) is 1. The summed E-state index contributed by atoms with van der Waals surface area (Å²) in [5, 5.41) is 48.7. The van der Waals surface area contributed by atoms with E-state index < -0.39 is 58.0 Å². The number of carbonyl (C=O) groups is 3. The molecule has 4 aliphatic rings. The molecule has 0 aromatic heterocycles. The number of nitrogens with two attached hydrogens (primary N) is 1. The fourth-order valence-corrected chi connectivity index (χ4v) is 7.86. The third-order valence-electron chi connectivity index (χ3n) is 9.66. The molecule has 0 aliphatic heterocycles. The quantitative estimate of drug-likeness (QED) is 0.273. The molecule has 11 heteroatoms. The Hall–Kier alpha value is -2.92. The zero-order valence-corrected chi connectivity index (χ0v) is 24.3. The molecular formula is C30H38ClN3O7. The van der Waals surface area contributed by atoms with Crippen molar-refractivity contribution in [2.24, 2.45) is 23.0 Å². The number of rotatable bonds is 6. The van der Waals surface area contributed by atoms with E-state index in [2.05, 4.69) is 12.2 Å². The number of primary amides is 1. The number of Topliss-reactive ketones (excluding diaryl/α,β-unsaturated/α-hetero) is 2. The lowest BCUT2D eigenvalue weighted by molar-refractivity contribution is -0.148. The van der Waals surface area contributed by atoms with E-state index in [0.717, 1.165) is 19.4 Å². The molecule has 41 heavy (non-hydrogen) atoms. The number of phenols is 1. The number of hydrogen-bond acceptors (Lipinski definition) is 9. The van der Waals surface area contributed by atoms with Crippen molar-refractivity contribution in [3.63, 3.8) is 0 Å². The summed E-state index contributed by atoms with van der Waals surface area (Å²) in [6.45, 7) is 3.47. The third kappa shape index (κ3) is 4.56. The number of aromatic hydroxyl groups is 1. The highest BCUT2D eigenvalue weighted by molar-refractivity contribution is 6.33. The van der Waals surface area contributed by atoms with E-state index >= 15 is 0 Å². The first kappa shape index (κ1) is 29.6. The Bertz CT molecular complexity index is 1390. The van der Waals surface area contributed by atoms with E-state index in [0.29, 0.717) is 22.7 Å². The van der Waals surface area contributed by atoms with Gasteiger partial charge < -0.3 is 31.5 Å². The van der Waals surface area contributed by atoms with Crippen molar-refractivity contribution >= 4 is 29.1 Å². The SMILES string of the molecule is CN(C)[C@@H]1C(O)=C(C(N)=O)C(=O)[C@@]2(O)C(O)=C3C(=O)c4c(O)cc(CNCC5(C)CCCCC5)c(Cl)c4C[C@H]3C[C@@H]12. The van der Waals surface area contributed by atoms with Gasteiger partial charge in [0, 0.05) is 29.6 Å². The largest absolute Gasteiger partial charge is 0.510 e. The molecule has 1 aromatic rings. The van der Waals surface area contributed by atoms with Crippen LogP contribution in [-0.2, 0) is 22.6 Å². The minimum atomic E-state index is -2.66. The van der Waals surface area contributed by atoms with E-state index in [1.807, 2.05) is 0 Å². The maximum atomic E-state index is 13.8. The predicted molar refractivity (Wildman–Crippen MR) is 152 cm³/mol. The number of benzene rings is 1. The summed E-state index contributed by atoms with van der Waals surface area (Å²) >= 11 is 6.84. The summed E-state index contributed by atoms with van der Waals surface area (Å²) in [6.07, 6.45) is 6.14. The normalized spacial score (nSPS) is 29.4. The van der Waals surface area contributed by atoms with Crippen molar-refractivity contribution in [3.05, 3.63) is 50.4 Å². The molecule has 0 heterocycles. The minimum absolute atomic E-state index is 0.0175. The fourth-order valence-electron chi connectivity index (χ4n) is 7.56. The molecule has 222 valence electrons. The van der Waals surface area contributed by atoms with E-state index in [4.69, 9.17) is 17.3 Å². The Morgan fingerprint density at radius 1 is 1.17 bits per heavy atom. The van der Waals surface area contributed by atoms with Crippen LogP contribution < -0.4 is 11.1 Å². The predicted octanol–water partition coefficient (Wildman–Crippen LogP) is 2.83. The average Bonchev–Trinajstić information content (AvgIpc) is 2.88. The molecule has 1 fully saturated rings. The number of aliphatic hydroxyl groups excluding tert-OH is 2. The van der Waals surface area contributed by atoms with Crippen LogP contribution in [0.5, 0.6) is 5.75 Å². The van der Waals surface area contributed by atoms with Gasteiger partial charge in [0.1, 0.15) is 22.8 Å². The van der Waals surface area contributed by atoms with Crippen molar-refractivity contribution in [2.75, 3.05) is 20.6 Å². The molecule has 10 nitrogen and oxygen atoms in total. The topological polar surface area (TPSA) is 173 Å². The first-order valence-electron chi connectivity index (χ1n) is 14.1. The van der Waals surface area contributed by atoms with Gasteiger partial charge in [0.15, 0.2) is 11.4 Å². The number of halogens is 1. The van der Waals surface area contributed by atoms with Gasteiger partial charge in [-0.3, -0.25) is 19.3 Å². The van der Waals surface area contributed by atoms with Crippen molar-refractivity contribution < 1.29 is 34.8 Å². The summed E-state index contributed by atoms with van der Waals surface area (Å²) in [5.74, 6) is -6.81. The Labute approximate surface area is 243 Å². The second kappa shape index (κ2) is 10.4. The molecule has 0 bridgehead atoms. The molecule has 7 N–H and O–H groups in total. The summed E-state index contributed by atoms with van der Waals surface area (Å²) < 4.78 is 0. The van der Waals surface area contributed by atoms with Gasteiger partial charge in [0.05, 0.1) is 11.6 Å². The average molecular weight is 588 g/mol. The molecule has 1 aromatic carbocycles. The van der Waals surface area contributed by atoms with Crippen LogP contribution in [-0.4, -0.2) is 75.1 Å². The molecule has 1 saturated carbocycles. The number of ketones is 2. The van der Waals surface area contributed by atoms with E-state index in [9.17, 15) is 34.8 Å². The van der Waals surface area contributed by atoms with E-state index in [-0.39, 0.29) is 35.1 Å². The van der Waals surface area contributed by atoms with Crippen molar-refractivity contribution in [1.82, 2.24) is 10.2 Å². The lowest BCUT2D eigenvalue weighted by Gasteiger charge is -2.50. The van der Waals surface area contributed by atoms with Gasteiger partial charge in [-0.05, 0) is 68.3 Å². The molecule has 0 saturated heterocycles. The van der Waals surface area contributed by atoms with Crippen LogP contribution in [0.25, 0.3) is 0 Å². The number of amides is 1.